The maximum atomic E-state index is 6.06. The van der Waals surface area contributed by atoms with E-state index >= 15 is 0 Å². The van der Waals surface area contributed by atoms with Crippen LogP contribution in [-0.4, -0.2) is 44.7 Å². The van der Waals surface area contributed by atoms with E-state index in [1.807, 2.05) is 12.1 Å². The molecule has 0 aliphatic carbocycles. The molecule has 1 aliphatic rings. The quantitative estimate of drug-likeness (QED) is 0.824. The number of nitrogens with zero attached hydrogens (tertiary/aromatic N) is 2. The van der Waals surface area contributed by atoms with Gasteiger partial charge in [0, 0.05) is 37.9 Å². The summed E-state index contributed by atoms with van der Waals surface area (Å²) >= 11 is 6.06. The Labute approximate surface area is 121 Å². The van der Waals surface area contributed by atoms with Crippen LogP contribution < -0.4 is 9.64 Å². The molecule has 1 aromatic rings. The zero-order valence-corrected chi connectivity index (χ0v) is 12.6. The van der Waals surface area contributed by atoms with Gasteiger partial charge in [-0.3, -0.25) is 4.90 Å². The number of rotatable bonds is 5. The fourth-order valence-corrected chi connectivity index (χ4v) is 2.65. The lowest BCUT2D eigenvalue weighted by atomic mass is 10.2. The van der Waals surface area contributed by atoms with Crippen LogP contribution >= 0.6 is 11.6 Å². The molecule has 1 aromatic carbocycles. The van der Waals surface area contributed by atoms with Gasteiger partial charge >= 0.3 is 0 Å². The van der Waals surface area contributed by atoms with Gasteiger partial charge in [0.05, 0.1) is 12.1 Å². The van der Waals surface area contributed by atoms with Gasteiger partial charge in [-0.05, 0) is 25.1 Å². The van der Waals surface area contributed by atoms with Crippen LogP contribution in [0.2, 0.25) is 5.02 Å². The molecule has 1 fully saturated rings. The van der Waals surface area contributed by atoms with Gasteiger partial charge in [-0.2, -0.15) is 0 Å². The molecule has 1 aliphatic heterocycles. The molecule has 0 bridgehead atoms. The summed E-state index contributed by atoms with van der Waals surface area (Å²) < 4.78 is 5.28. The van der Waals surface area contributed by atoms with Crippen LogP contribution in [0, 0.1) is 0 Å². The molecule has 2 rings (SSSR count). The Morgan fingerprint density at radius 2 is 1.95 bits per heavy atom. The van der Waals surface area contributed by atoms with Gasteiger partial charge in [0.2, 0.25) is 0 Å². The SMILES string of the molecule is CCCCN1CCN(c2ccc(Cl)c(OC)c2)CC1. The molecular formula is C15H23ClN2O. The third kappa shape index (κ3) is 3.77. The smallest absolute Gasteiger partial charge is 0.139 e. The van der Waals surface area contributed by atoms with E-state index in [4.69, 9.17) is 16.3 Å². The Kier molecular flexibility index (Phi) is 5.34. The fraction of sp³-hybridized carbons (Fsp3) is 0.600. The average molecular weight is 283 g/mol. The number of methoxy groups -OCH3 is 1. The molecule has 0 saturated carbocycles. The number of halogens is 1. The summed E-state index contributed by atoms with van der Waals surface area (Å²) in [5.41, 5.74) is 1.20. The largest absolute Gasteiger partial charge is 0.495 e. The van der Waals surface area contributed by atoms with Crippen molar-refractivity contribution in [3.05, 3.63) is 23.2 Å². The van der Waals surface area contributed by atoms with Crippen LogP contribution in [0.15, 0.2) is 18.2 Å². The maximum Gasteiger partial charge on any atom is 0.139 e. The first kappa shape index (κ1) is 14.5. The Morgan fingerprint density at radius 1 is 1.21 bits per heavy atom. The van der Waals surface area contributed by atoms with E-state index in [0.29, 0.717) is 5.02 Å². The van der Waals surface area contributed by atoms with Gasteiger partial charge in [-0.1, -0.05) is 24.9 Å². The number of piperazine rings is 1. The number of benzene rings is 1. The van der Waals surface area contributed by atoms with Gasteiger partial charge in [-0.25, -0.2) is 0 Å². The van der Waals surface area contributed by atoms with Crippen molar-refractivity contribution >= 4 is 17.3 Å². The summed E-state index contributed by atoms with van der Waals surface area (Å²) in [5.74, 6) is 0.757. The summed E-state index contributed by atoms with van der Waals surface area (Å²) in [5, 5.41) is 0.674. The third-order valence-electron chi connectivity index (χ3n) is 3.70. The van der Waals surface area contributed by atoms with E-state index in [1.165, 1.54) is 25.1 Å². The Balaban J connectivity index is 1.94. The predicted octanol–water partition coefficient (Wildman–Crippen LogP) is 3.27. The lowest BCUT2D eigenvalue weighted by Crippen LogP contribution is -2.46. The van der Waals surface area contributed by atoms with Crippen molar-refractivity contribution in [3.8, 4) is 5.75 Å². The van der Waals surface area contributed by atoms with Gasteiger partial charge < -0.3 is 9.64 Å². The molecular weight excluding hydrogens is 260 g/mol. The Hall–Kier alpha value is -0.930. The summed E-state index contributed by atoms with van der Waals surface area (Å²) in [4.78, 5) is 4.95. The van der Waals surface area contributed by atoms with Gasteiger partial charge in [-0.15, -0.1) is 0 Å². The lowest BCUT2D eigenvalue weighted by molar-refractivity contribution is 0.254. The van der Waals surface area contributed by atoms with Crippen LogP contribution in [0.5, 0.6) is 5.75 Å². The molecule has 0 aromatic heterocycles. The molecule has 19 heavy (non-hydrogen) atoms. The highest BCUT2D eigenvalue weighted by molar-refractivity contribution is 6.32. The minimum absolute atomic E-state index is 0.674. The fourth-order valence-electron chi connectivity index (χ4n) is 2.46. The molecule has 1 saturated heterocycles. The van der Waals surface area contributed by atoms with Crippen LogP contribution in [-0.2, 0) is 0 Å². The molecule has 4 heteroatoms. The highest BCUT2D eigenvalue weighted by atomic mass is 35.5. The maximum absolute atomic E-state index is 6.06. The summed E-state index contributed by atoms with van der Waals surface area (Å²) in [6.45, 7) is 7.92. The van der Waals surface area contributed by atoms with Crippen LogP contribution in [0.3, 0.4) is 0 Å². The van der Waals surface area contributed by atoms with E-state index in [9.17, 15) is 0 Å². The number of hydrogen-bond donors (Lipinski definition) is 0. The van der Waals surface area contributed by atoms with E-state index in [-0.39, 0.29) is 0 Å². The molecule has 0 N–H and O–H groups in total. The zero-order chi connectivity index (χ0) is 13.7. The van der Waals surface area contributed by atoms with E-state index < -0.39 is 0 Å². The van der Waals surface area contributed by atoms with Gasteiger partial charge in [0.25, 0.3) is 0 Å². The predicted molar refractivity (Wildman–Crippen MR) is 81.6 cm³/mol. The topological polar surface area (TPSA) is 15.7 Å². The number of unbranched alkanes of at least 4 members (excludes halogenated alkanes) is 1. The molecule has 0 unspecified atom stereocenters. The zero-order valence-electron chi connectivity index (χ0n) is 11.9. The number of hydrogen-bond acceptors (Lipinski definition) is 3. The standard InChI is InChI=1S/C15H23ClN2O/c1-3-4-7-17-8-10-18(11-9-17)13-5-6-14(16)15(12-13)19-2/h5-6,12H,3-4,7-11H2,1-2H3. The summed E-state index contributed by atoms with van der Waals surface area (Å²) in [6.07, 6.45) is 2.57. The van der Waals surface area contributed by atoms with E-state index in [0.717, 1.165) is 31.9 Å². The summed E-state index contributed by atoms with van der Waals surface area (Å²) in [6, 6.07) is 6.02. The number of ether oxygens (including phenoxy) is 1. The first-order valence-corrected chi connectivity index (χ1v) is 7.43. The highest BCUT2D eigenvalue weighted by Gasteiger charge is 2.17. The van der Waals surface area contributed by atoms with E-state index in [2.05, 4.69) is 22.8 Å². The van der Waals surface area contributed by atoms with Crippen LogP contribution in [0.1, 0.15) is 19.8 Å². The minimum Gasteiger partial charge on any atom is -0.495 e. The molecule has 3 nitrogen and oxygen atoms in total. The molecule has 0 radical (unpaired) electrons. The summed E-state index contributed by atoms with van der Waals surface area (Å²) in [7, 11) is 1.66. The molecule has 0 amide bonds. The van der Waals surface area contributed by atoms with E-state index in [1.54, 1.807) is 7.11 Å². The van der Waals surface area contributed by atoms with Crippen LogP contribution in [0.25, 0.3) is 0 Å². The van der Waals surface area contributed by atoms with Crippen molar-refractivity contribution in [3.63, 3.8) is 0 Å². The second kappa shape index (κ2) is 7.01. The van der Waals surface area contributed by atoms with Crippen molar-refractivity contribution in [2.45, 2.75) is 19.8 Å². The van der Waals surface area contributed by atoms with Crippen molar-refractivity contribution in [1.29, 1.82) is 0 Å². The second-order valence-corrected chi connectivity index (χ2v) is 5.41. The normalized spacial score (nSPS) is 16.7. The highest BCUT2D eigenvalue weighted by Crippen LogP contribution is 2.29. The third-order valence-corrected chi connectivity index (χ3v) is 4.01. The molecule has 106 valence electrons. The monoisotopic (exact) mass is 282 g/mol. The average Bonchev–Trinajstić information content (AvgIpc) is 2.46. The van der Waals surface area contributed by atoms with Crippen molar-refractivity contribution < 1.29 is 4.74 Å². The molecule has 1 heterocycles. The van der Waals surface area contributed by atoms with Crippen molar-refractivity contribution in [2.24, 2.45) is 0 Å². The molecule has 0 spiro atoms. The number of anilines is 1. The van der Waals surface area contributed by atoms with Gasteiger partial charge in [0.15, 0.2) is 0 Å². The molecule has 0 atom stereocenters. The first-order chi connectivity index (χ1) is 9.24. The van der Waals surface area contributed by atoms with Crippen LogP contribution in [0.4, 0.5) is 5.69 Å². The van der Waals surface area contributed by atoms with Crippen molar-refractivity contribution in [2.75, 3.05) is 44.7 Å². The van der Waals surface area contributed by atoms with Crippen molar-refractivity contribution in [1.82, 2.24) is 4.90 Å². The Morgan fingerprint density at radius 3 is 2.58 bits per heavy atom. The minimum atomic E-state index is 0.674. The second-order valence-electron chi connectivity index (χ2n) is 5.00. The van der Waals surface area contributed by atoms with Gasteiger partial charge in [0.1, 0.15) is 5.75 Å². The first-order valence-electron chi connectivity index (χ1n) is 7.05. The lowest BCUT2D eigenvalue weighted by Gasteiger charge is -2.36. The Bertz CT molecular complexity index is 403.